The van der Waals surface area contributed by atoms with Crippen LogP contribution >= 0.6 is 0 Å². The van der Waals surface area contributed by atoms with Crippen molar-refractivity contribution in [3.8, 4) is 0 Å². The van der Waals surface area contributed by atoms with Gasteiger partial charge in [-0.2, -0.15) is 0 Å². The molecule has 1 aromatic heterocycles. The van der Waals surface area contributed by atoms with Crippen LogP contribution in [0.25, 0.3) is 10.9 Å². The minimum atomic E-state index is -0.345. The smallest absolute Gasteiger partial charge is 0.120 e. The van der Waals surface area contributed by atoms with Crippen LogP contribution in [0.5, 0.6) is 0 Å². The summed E-state index contributed by atoms with van der Waals surface area (Å²) in [5, 5.41) is 1.29. The third-order valence-electron chi connectivity index (χ3n) is 4.20. The van der Waals surface area contributed by atoms with E-state index in [-0.39, 0.29) is 5.60 Å². The third-order valence-corrected chi connectivity index (χ3v) is 4.20. The Morgan fingerprint density at radius 1 is 1.42 bits per heavy atom. The largest absolute Gasteiger partial charge is 0.367 e. The maximum atomic E-state index is 10.7. The zero-order valence-corrected chi connectivity index (χ0v) is 11.5. The maximum Gasteiger partial charge on any atom is 0.120 e. The fourth-order valence-corrected chi connectivity index (χ4v) is 3.35. The van der Waals surface area contributed by atoms with Gasteiger partial charge in [0.15, 0.2) is 0 Å². The molecule has 2 heterocycles. The standard InChI is InChI=1S/C16H19NO2/c1-12-13-6-3-4-7-14(13)17-9-11-19-16(2,15(12)17)8-5-10-18/h3-4,6-7,10H,5,8-9,11H2,1-2H3. The highest BCUT2D eigenvalue weighted by molar-refractivity contribution is 5.85. The van der Waals surface area contributed by atoms with Gasteiger partial charge in [-0.15, -0.1) is 0 Å². The molecule has 0 saturated heterocycles. The van der Waals surface area contributed by atoms with Crippen LogP contribution in [0, 0.1) is 6.92 Å². The minimum Gasteiger partial charge on any atom is -0.367 e. The van der Waals surface area contributed by atoms with Gasteiger partial charge in [-0.25, -0.2) is 0 Å². The normalized spacial score (nSPS) is 22.4. The van der Waals surface area contributed by atoms with Crippen LogP contribution in [-0.2, 0) is 21.7 Å². The van der Waals surface area contributed by atoms with Gasteiger partial charge in [0.2, 0.25) is 0 Å². The summed E-state index contributed by atoms with van der Waals surface area (Å²) < 4.78 is 8.38. The molecule has 19 heavy (non-hydrogen) atoms. The predicted molar refractivity (Wildman–Crippen MR) is 75.3 cm³/mol. The molecule has 3 rings (SSSR count). The van der Waals surface area contributed by atoms with Crippen molar-refractivity contribution >= 4 is 17.2 Å². The fraction of sp³-hybridized carbons (Fsp3) is 0.438. The zero-order valence-electron chi connectivity index (χ0n) is 11.5. The number of hydrogen-bond acceptors (Lipinski definition) is 2. The molecule has 1 aliphatic heterocycles. The summed E-state index contributed by atoms with van der Waals surface area (Å²) in [6.45, 7) is 5.86. The van der Waals surface area contributed by atoms with E-state index >= 15 is 0 Å². The molecule has 1 aromatic carbocycles. The van der Waals surface area contributed by atoms with Crippen LogP contribution in [0.15, 0.2) is 24.3 Å². The van der Waals surface area contributed by atoms with E-state index in [1.54, 1.807) is 0 Å². The lowest BCUT2D eigenvalue weighted by Gasteiger charge is -2.36. The molecule has 1 atom stereocenters. The van der Waals surface area contributed by atoms with Crippen LogP contribution in [0.4, 0.5) is 0 Å². The highest BCUT2D eigenvalue weighted by Crippen LogP contribution is 2.40. The lowest BCUT2D eigenvalue weighted by molar-refractivity contribution is -0.111. The van der Waals surface area contributed by atoms with E-state index in [1.807, 2.05) is 0 Å². The van der Waals surface area contributed by atoms with Crippen molar-refractivity contribution < 1.29 is 9.53 Å². The molecule has 0 N–H and O–H groups in total. The molecule has 1 unspecified atom stereocenters. The summed E-state index contributed by atoms with van der Waals surface area (Å²) >= 11 is 0. The Bertz CT molecular complexity index is 629. The number of carbonyl (C=O) groups excluding carboxylic acids is 1. The van der Waals surface area contributed by atoms with E-state index in [0.717, 1.165) is 19.3 Å². The summed E-state index contributed by atoms with van der Waals surface area (Å²) in [7, 11) is 0. The third kappa shape index (κ3) is 1.80. The average Bonchev–Trinajstić information content (AvgIpc) is 2.73. The van der Waals surface area contributed by atoms with Crippen LogP contribution in [0.2, 0.25) is 0 Å². The molecular weight excluding hydrogens is 238 g/mol. The summed E-state index contributed by atoms with van der Waals surface area (Å²) in [5.41, 5.74) is 3.45. The first kappa shape index (κ1) is 12.4. The number of carbonyl (C=O) groups is 1. The Balaban J connectivity index is 2.21. The monoisotopic (exact) mass is 257 g/mol. The molecule has 0 radical (unpaired) electrons. The number of para-hydroxylation sites is 1. The second kappa shape index (κ2) is 4.49. The molecule has 3 nitrogen and oxygen atoms in total. The van der Waals surface area contributed by atoms with E-state index in [4.69, 9.17) is 4.74 Å². The first-order valence-corrected chi connectivity index (χ1v) is 6.83. The summed E-state index contributed by atoms with van der Waals surface area (Å²) in [5.74, 6) is 0. The van der Waals surface area contributed by atoms with Gasteiger partial charge in [0.25, 0.3) is 0 Å². The second-order valence-corrected chi connectivity index (χ2v) is 5.43. The molecule has 0 aliphatic carbocycles. The number of ether oxygens (including phenoxy) is 1. The Morgan fingerprint density at radius 3 is 3.00 bits per heavy atom. The molecule has 3 heteroatoms. The molecule has 0 amide bonds. The SMILES string of the molecule is Cc1c2n(c3ccccc13)CCOC2(C)CCC=O. The van der Waals surface area contributed by atoms with E-state index in [1.165, 1.54) is 22.2 Å². The summed E-state index contributed by atoms with van der Waals surface area (Å²) in [6, 6.07) is 8.48. The second-order valence-electron chi connectivity index (χ2n) is 5.43. The van der Waals surface area contributed by atoms with E-state index < -0.39 is 0 Å². The van der Waals surface area contributed by atoms with Gasteiger partial charge in [0, 0.05) is 23.9 Å². The fourth-order valence-electron chi connectivity index (χ4n) is 3.35. The zero-order chi connectivity index (χ0) is 13.5. The van der Waals surface area contributed by atoms with Crippen molar-refractivity contribution in [2.45, 2.75) is 38.8 Å². The lowest BCUT2D eigenvalue weighted by Crippen LogP contribution is -2.36. The number of rotatable bonds is 3. The number of fused-ring (bicyclic) bond motifs is 3. The first-order valence-electron chi connectivity index (χ1n) is 6.83. The van der Waals surface area contributed by atoms with E-state index in [0.29, 0.717) is 13.0 Å². The highest BCUT2D eigenvalue weighted by Gasteiger charge is 2.36. The van der Waals surface area contributed by atoms with Crippen molar-refractivity contribution in [1.82, 2.24) is 4.57 Å². The first-order chi connectivity index (χ1) is 9.17. The molecule has 0 saturated carbocycles. The van der Waals surface area contributed by atoms with Crippen LogP contribution in [-0.4, -0.2) is 17.5 Å². The average molecular weight is 257 g/mol. The quantitative estimate of drug-likeness (QED) is 0.791. The number of aromatic nitrogens is 1. The van der Waals surface area contributed by atoms with Crippen molar-refractivity contribution in [2.75, 3.05) is 6.61 Å². The number of benzene rings is 1. The Hall–Kier alpha value is -1.61. The van der Waals surface area contributed by atoms with E-state index in [2.05, 4.69) is 42.7 Å². The van der Waals surface area contributed by atoms with Gasteiger partial charge in [-0.05, 0) is 31.9 Å². The Labute approximate surface area is 113 Å². The lowest BCUT2D eigenvalue weighted by atomic mass is 9.92. The van der Waals surface area contributed by atoms with E-state index in [9.17, 15) is 4.79 Å². The number of hydrogen-bond donors (Lipinski definition) is 0. The van der Waals surface area contributed by atoms with Crippen LogP contribution in [0.1, 0.15) is 31.0 Å². The molecular formula is C16H19NO2. The highest BCUT2D eigenvalue weighted by atomic mass is 16.5. The van der Waals surface area contributed by atoms with Crippen LogP contribution in [0.3, 0.4) is 0 Å². The molecule has 0 fully saturated rings. The van der Waals surface area contributed by atoms with Gasteiger partial charge < -0.3 is 14.1 Å². The Kier molecular flexibility index (Phi) is 2.94. The van der Waals surface area contributed by atoms with Crippen molar-refractivity contribution in [1.29, 1.82) is 0 Å². The van der Waals surface area contributed by atoms with Gasteiger partial charge in [-0.3, -0.25) is 0 Å². The molecule has 0 spiro atoms. The summed E-state index contributed by atoms with van der Waals surface area (Å²) in [4.78, 5) is 10.7. The Morgan fingerprint density at radius 2 is 2.21 bits per heavy atom. The molecule has 2 aromatic rings. The van der Waals surface area contributed by atoms with Gasteiger partial charge in [-0.1, -0.05) is 18.2 Å². The number of nitrogens with zero attached hydrogens (tertiary/aromatic N) is 1. The van der Waals surface area contributed by atoms with Crippen molar-refractivity contribution in [3.63, 3.8) is 0 Å². The van der Waals surface area contributed by atoms with Crippen molar-refractivity contribution in [2.24, 2.45) is 0 Å². The predicted octanol–water partition coefficient (Wildman–Crippen LogP) is 3.17. The summed E-state index contributed by atoms with van der Waals surface area (Å²) in [6.07, 6.45) is 2.26. The topological polar surface area (TPSA) is 31.2 Å². The van der Waals surface area contributed by atoms with Crippen LogP contribution < -0.4 is 0 Å². The molecule has 100 valence electrons. The number of aldehydes is 1. The maximum absolute atomic E-state index is 10.7. The van der Waals surface area contributed by atoms with Gasteiger partial charge in [0.1, 0.15) is 11.9 Å². The molecule has 0 bridgehead atoms. The molecule has 1 aliphatic rings. The number of aryl methyl sites for hydroxylation is 1. The minimum absolute atomic E-state index is 0.345. The van der Waals surface area contributed by atoms with Gasteiger partial charge >= 0.3 is 0 Å². The van der Waals surface area contributed by atoms with Crippen molar-refractivity contribution in [3.05, 3.63) is 35.5 Å². The van der Waals surface area contributed by atoms with Gasteiger partial charge in [0.05, 0.1) is 12.3 Å².